The van der Waals surface area contributed by atoms with Crippen LogP contribution in [0.25, 0.3) is 0 Å². The topological polar surface area (TPSA) is 66.9 Å². The maximum absolute atomic E-state index is 13.0. The van der Waals surface area contributed by atoms with E-state index in [9.17, 15) is 13.2 Å². The zero-order valence-electron chi connectivity index (χ0n) is 17.2. The van der Waals surface area contributed by atoms with E-state index in [4.69, 9.17) is 4.74 Å². The summed E-state index contributed by atoms with van der Waals surface area (Å²) in [6, 6.07) is 12.6. The summed E-state index contributed by atoms with van der Waals surface area (Å²) in [6.45, 7) is 5.15. The molecule has 0 bridgehead atoms. The van der Waals surface area contributed by atoms with E-state index in [-0.39, 0.29) is 12.3 Å². The van der Waals surface area contributed by atoms with Crippen LogP contribution in [0.15, 0.2) is 47.4 Å². The van der Waals surface area contributed by atoms with Gasteiger partial charge in [0.1, 0.15) is 5.75 Å². The molecule has 0 spiro atoms. The van der Waals surface area contributed by atoms with Crippen molar-refractivity contribution in [1.29, 1.82) is 0 Å². The first-order valence-electron chi connectivity index (χ1n) is 9.97. The molecule has 0 aromatic heterocycles. The molecule has 1 amide bonds. The average Bonchev–Trinajstić information content (AvgIpc) is 2.73. The van der Waals surface area contributed by atoms with E-state index in [1.165, 1.54) is 4.31 Å². The molecule has 29 heavy (non-hydrogen) atoms. The van der Waals surface area contributed by atoms with Gasteiger partial charge in [0, 0.05) is 30.9 Å². The van der Waals surface area contributed by atoms with E-state index in [0.717, 1.165) is 29.7 Å². The fraction of sp³-hybridized carbons (Fsp3) is 0.409. The maximum Gasteiger partial charge on any atom is 0.243 e. The van der Waals surface area contributed by atoms with E-state index < -0.39 is 10.0 Å². The third-order valence-corrected chi connectivity index (χ3v) is 7.39. The number of carbonyl (C=O) groups is 1. The molecule has 0 unspecified atom stereocenters. The first kappa shape index (κ1) is 21.3. The summed E-state index contributed by atoms with van der Waals surface area (Å²) < 4.78 is 32.5. The van der Waals surface area contributed by atoms with Gasteiger partial charge >= 0.3 is 0 Å². The number of hydrogen-bond donors (Lipinski definition) is 0. The van der Waals surface area contributed by atoms with Crippen molar-refractivity contribution in [3.05, 3.63) is 53.6 Å². The maximum atomic E-state index is 13.0. The summed E-state index contributed by atoms with van der Waals surface area (Å²) in [5.41, 5.74) is 2.54. The second-order valence-electron chi connectivity index (χ2n) is 7.02. The molecule has 0 N–H and O–H groups in total. The molecule has 2 aromatic rings. The number of hydrogen-bond acceptors (Lipinski definition) is 4. The normalized spacial score (nSPS) is 14.0. The Kier molecular flexibility index (Phi) is 6.59. The minimum absolute atomic E-state index is 0.0187. The highest BCUT2D eigenvalue weighted by molar-refractivity contribution is 7.89. The van der Waals surface area contributed by atoms with Crippen LogP contribution in [-0.2, 0) is 27.7 Å². The first-order chi connectivity index (χ1) is 13.9. The zero-order chi connectivity index (χ0) is 21.0. The van der Waals surface area contributed by atoms with Gasteiger partial charge in [0.05, 0.1) is 18.4 Å². The van der Waals surface area contributed by atoms with Gasteiger partial charge in [-0.25, -0.2) is 8.42 Å². The highest BCUT2D eigenvalue weighted by atomic mass is 32.2. The van der Waals surface area contributed by atoms with Crippen LogP contribution in [0.2, 0.25) is 0 Å². The van der Waals surface area contributed by atoms with Crippen molar-refractivity contribution in [3.8, 4) is 5.75 Å². The highest BCUT2D eigenvalue weighted by Crippen LogP contribution is 2.31. The molecule has 0 fully saturated rings. The molecule has 156 valence electrons. The first-order valence-corrected chi connectivity index (χ1v) is 11.4. The predicted octanol–water partition coefficient (Wildman–Crippen LogP) is 3.25. The molecule has 0 radical (unpaired) electrons. The molecule has 1 heterocycles. The van der Waals surface area contributed by atoms with Gasteiger partial charge in [-0.1, -0.05) is 32.0 Å². The summed E-state index contributed by atoms with van der Waals surface area (Å²) in [6.07, 6.45) is 1.80. The lowest BCUT2D eigenvalue weighted by Crippen LogP contribution is -2.37. The third-order valence-electron chi connectivity index (χ3n) is 5.35. The van der Waals surface area contributed by atoms with Crippen LogP contribution < -0.4 is 9.64 Å². The lowest BCUT2D eigenvalue weighted by molar-refractivity contribution is -0.118. The van der Waals surface area contributed by atoms with E-state index in [1.54, 1.807) is 30.2 Å². The summed E-state index contributed by atoms with van der Waals surface area (Å²) >= 11 is 0. The number of anilines is 1. The van der Waals surface area contributed by atoms with Crippen molar-refractivity contribution < 1.29 is 17.9 Å². The van der Waals surface area contributed by atoms with Crippen LogP contribution in [0, 0.1) is 0 Å². The third kappa shape index (κ3) is 4.31. The number of para-hydroxylation sites is 1. The molecular formula is C22H28N2O4S. The summed E-state index contributed by atoms with van der Waals surface area (Å²) in [5, 5.41) is 0. The fourth-order valence-electron chi connectivity index (χ4n) is 3.81. The fourth-order valence-corrected chi connectivity index (χ4v) is 5.32. The number of nitrogens with zero attached hydrogens (tertiary/aromatic N) is 2. The lowest BCUT2D eigenvalue weighted by atomic mass is 10.0. The molecule has 0 atom stereocenters. The molecule has 2 aromatic carbocycles. The molecule has 0 saturated heterocycles. The van der Waals surface area contributed by atoms with E-state index >= 15 is 0 Å². The Hall–Kier alpha value is -2.38. The number of fused-ring (bicyclic) bond motifs is 1. The van der Waals surface area contributed by atoms with E-state index in [1.807, 2.05) is 38.1 Å². The monoisotopic (exact) mass is 416 g/mol. The Labute approximate surface area is 173 Å². The van der Waals surface area contributed by atoms with Crippen LogP contribution in [0.1, 0.15) is 31.4 Å². The van der Waals surface area contributed by atoms with Crippen LogP contribution in [0.4, 0.5) is 5.69 Å². The summed E-state index contributed by atoms with van der Waals surface area (Å²) in [7, 11) is -1.92. The average molecular weight is 417 g/mol. The Morgan fingerprint density at radius 1 is 1.14 bits per heavy atom. The van der Waals surface area contributed by atoms with Gasteiger partial charge < -0.3 is 9.64 Å². The standard InChI is InChI=1S/C22H28N2O4S/c1-4-23(5-2)29(26,27)19-12-13-20-17(15-19)10-8-14-24(20)22(25)16-18-9-6-7-11-21(18)28-3/h6-7,9,11-13,15H,4-5,8,10,14,16H2,1-3H3. The number of aryl methyl sites for hydroxylation is 1. The number of ether oxygens (including phenoxy) is 1. The number of sulfonamides is 1. The number of amides is 1. The van der Waals surface area contributed by atoms with Gasteiger partial charge in [0.25, 0.3) is 0 Å². The Balaban J connectivity index is 1.88. The van der Waals surface area contributed by atoms with Crippen molar-refractivity contribution in [2.45, 2.75) is 38.0 Å². The minimum Gasteiger partial charge on any atom is -0.496 e. The summed E-state index contributed by atoms with van der Waals surface area (Å²) in [4.78, 5) is 15.1. The number of rotatable bonds is 7. The largest absolute Gasteiger partial charge is 0.496 e. The molecule has 7 heteroatoms. The quantitative estimate of drug-likeness (QED) is 0.695. The Morgan fingerprint density at radius 3 is 2.55 bits per heavy atom. The van der Waals surface area contributed by atoms with Crippen LogP contribution in [-0.4, -0.2) is 45.4 Å². The summed E-state index contributed by atoms with van der Waals surface area (Å²) in [5.74, 6) is 0.675. The van der Waals surface area contributed by atoms with Gasteiger partial charge in [0.2, 0.25) is 15.9 Å². The Bertz CT molecular complexity index is 984. The SMILES string of the molecule is CCN(CC)S(=O)(=O)c1ccc2c(c1)CCCN2C(=O)Cc1ccccc1OC. The van der Waals surface area contributed by atoms with Crippen molar-refractivity contribution in [3.63, 3.8) is 0 Å². The Morgan fingerprint density at radius 2 is 1.86 bits per heavy atom. The van der Waals surface area contributed by atoms with Gasteiger partial charge in [-0.15, -0.1) is 0 Å². The molecular weight excluding hydrogens is 388 g/mol. The van der Waals surface area contributed by atoms with Gasteiger partial charge in [0.15, 0.2) is 0 Å². The zero-order valence-corrected chi connectivity index (χ0v) is 18.0. The smallest absolute Gasteiger partial charge is 0.243 e. The predicted molar refractivity (Wildman–Crippen MR) is 114 cm³/mol. The molecule has 1 aliphatic rings. The van der Waals surface area contributed by atoms with Crippen molar-refractivity contribution >= 4 is 21.6 Å². The molecule has 3 rings (SSSR count). The van der Waals surface area contributed by atoms with E-state index in [2.05, 4.69) is 0 Å². The molecule has 1 aliphatic heterocycles. The second kappa shape index (κ2) is 8.97. The van der Waals surface area contributed by atoms with Gasteiger partial charge in [-0.05, 0) is 42.7 Å². The van der Waals surface area contributed by atoms with Crippen LogP contribution in [0.3, 0.4) is 0 Å². The van der Waals surface area contributed by atoms with Crippen molar-refractivity contribution in [2.24, 2.45) is 0 Å². The van der Waals surface area contributed by atoms with Gasteiger partial charge in [-0.2, -0.15) is 4.31 Å². The number of benzene rings is 2. The highest BCUT2D eigenvalue weighted by Gasteiger charge is 2.27. The molecule has 6 nitrogen and oxygen atoms in total. The number of methoxy groups -OCH3 is 1. The molecule has 0 saturated carbocycles. The van der Waals surface area contributed by atoms with Crippen molar-refractivity contribution in [2.75, 3.05) is 31.6 Å². The number of carbonyl (C=O) groups excluding carboxylic acids is 1. The molecule has 0 aliphatic carbocycles. The second-order valence-corrected chi connectivity index (χ2v) is 8.96. The van der Waals surface area contributed by atoms with Gasteiger partial charge in [-0.3, -0.25) is 4.79 Å². The van der Waals surface area contributed by atoms with Crippen LogP contribution >= 0.6 is 0 Å². The van der Waals surface area contributed by atoms with E-state index in [0.29, 0.717) is 30.3 Å². The minimum atomic E-state index is -3.52. The lowest BCUT2D eigenvalue weighted by Gasteiger charge is -2.30. The van der Waals surface area contributed by atoms with Crippen molar-refractivity contribution in [1.82, 2.24) is 4.31 Å². The van der Waals surface area contributed by atoms with Crippen LogP contribution in [0.5, 0.6) is 5.75 Å².